The van der Waals surface area contributed by atoms with Gasteiger partial charge in [0.25, 0.3) is 0 Å². The maximum atomic E-state index is 12.1. The van der Waals surface area contributed by atoms with Gasteiger partial charge in [0.2, 0.25) is 0 Å². The molecule has 0 saturated carbocycles. The van der Waals surface area contributed by atoms with E-state index in [-0.39, 0.29) is 32.2 Å². The molecule has 2 aliphatic heterocycles. The average Bonchev–Trinajstić information content (AvgIpc) is 2.99. The molecule has 1 amide bonds. The first-order valence-electron chi connectivity index (χ1n) is 13.9. The fourth-order valence-corrected chi connectivity index (χ4v) is 5.83. The van der Waals surface area contributed by atoms with E-state index in [0.717, 1.165) is 47.0 Å². The molecule has 0 spiro atoms. The molecule has 4 atom stereocenters. The third kappa shape index (κ3) is 8.50. The monoisotopic (exact) mass is 590 g/mol. The van der Waals surface area contributed by atoms with Gasteiger partial charge in [-0.2, -0.15) is 0 Å². The molecular weight excluding hydrogens is 548 g/mol. The topological polar surface area (TPSA) is 110 Å². The number of hydrogen-bond donors (Lipinski definition) is 2. The first kappa shape index (κ1) is 31.4. The summed E-state index contributed by atoms with van der Waals surface area (Å²) in [6.07, 6.45) is 0.125. The van der Waals surface area contributed by atoms with E-state index in [9.17, 15) is 15.0 Å². The first-order valence-corrected chi connectivity index (χ1v) is 15.2. The molecule has 226 valence electrons. The van der Waals surface area contributed by atoms with Crippen LogP contribution in [-0.2, 0) is 25.6 Å². The summed E-state index contributed by atoms with van der Waals surface area (Å²) in [4.78, 5) is 16.9. The summed E-state index contributed by atoms with van der Waals surface area (Å²) < 4.78 is 28.9. The van der Waals surface area contributed by atoms with Crippen LogP contribution in [0.15, 0.2) is 47.4 Å². The predicted molar refractivity (Wildman–Crippen MR) is 157 cm³/mol. The van der Waals surface area contributed by atoms with Crippen molar-refractivity contribution in [3.8, 4) is 5.75 Å². The minimum atomic E-state index is -1.03. The molecule has 1 saturated heterocycles. The molecule has 10 nitrogen and oxygen atoms in total. The molecule has 11 heteroatoms. The van der Waals surface area contributed by atoms with Gasteiger partial charge in [-0.15, -0.1) is 11.8 Å². The van der Waals surface area contributed by atoms with Crippen LogP contribution < -0.4 is 9.64 Å². The van der Waals surface area contributed by atoms with Gasteiger partial charge in [-0.1, -0.05) is 18.2 Å². The van der Waals surface area contributed by atoms with E-state index in [1.807, 2.05) is 18.4 Å². The Morgan fingerprint density at radius 1 is 1.07 bits per heavy atom. The minimum Gasteiger partial charge on any atom is -0.490 e. The Morgan fingerprint density at radius 3 is 2.51 bits per heavy atom. The van der Waals surface area contributed by atoms with Crippen LogP contribution in [0, 0.1) is 0 Å². The van der Waals surface area contributed by atoms with Gasteiger partial charge in [0.1, 0.15) is 18.5 Å². The number of piperidine rings is 1. The molecule has 0 aliphatic carbocycles. The Morgan fingerprint density at radius 2 is 1.83 bits per heavy atom. The van der Waals surface area contributed by atoms with Crippen LogP contribution in [-0.4, -0.2) is 113 Å². The molecule has 2 N–H and O–H groups in total. The van der Waals surface area contributed by atoms with Gasteiger partial charge in [-0.05, 0) is 48.1 Å². The van der Waals surface area contributed by atoms with Gasteiger partial charge in [0, 0.05) is 38.2 Å². The van der Waals surface area contributed by atoms with E-state index in [0.29, 0.717) is 19.8 Å². The molecule has 2 heterocycles. The van der Waals surface area contributed by atoms with Crippen LogP contribution in [0.2, 0.25) is 0 Å². The van der Waals surface area contributed by atoms with Crippen LogP contribution in [0.1, 0.15) is 23.5 Å². The largest absolute Gasteiger partial charge is 0.490 e. The summed E-state index contributed by atoms with van der Waals surface area (Å²) in [6, 6.07) is 14.3. The Labute approximate surface area is 246 Å². The normalized spacial score (nSPS) is 21.3. The fourth-order valence-electron chi connectivity index (χ4n) is 5.42. The van der Waals surface area contributed by atoms with Gasteiger partial charge < -0.3 is 43.7 Å². The van der Waals surface area contributed by atoms with Crippen molar-refractivity contribution in [2.45, 2.75) is 42.2 Å². The van der Waals surface area contributed by atoms with E-state index in [1.165, 1.54) is 12.0 Å². The molecular formula is C30H42N2O8S. The van der Waals surface area contributed by atoms with Crippen molar-refractivity contribution < 1.29 is 38.7 Å². The smallest absolute Gasteiger partial charge is 0.407 e. The van der Waals surface area contributed by atoms with Crippen molar-refractivity contribution in [1.29, 1.82) is 0 Å². The van der Waals surface area contributed by atoms with Crippen molar-refractivity contribution in [3.63, 3.8) is 0 Å². The summed E-state index contributed by atoms with van der Waals surface area (Å²) in [6.45, 7) is 3.86. The van der Waals surface area contributed by atoms with Crippen molar-refractivity contribution in [1.82, 2.24) is 4.90 Å². The highest BCUT2D eigenvalue weighted by atomic mass is 32.2. The zero-order valence-corrected chi connectivity index (χ0v) is 24.9. The molecule has 0 bridgehead atoms. The number of aliphatic hydroxyl groups excluding tert-OH is 1. The number of fused-ring (bicyclic) bond motifs is 1. The van der Waals surface area contributed by atoms with Crippen LogP contribution >= 0.6 is 11.8 Å². The van der Waals surface area contributed by atoms with E-state index in [4.69, 9.17) is 23.7 Å². The van der Waals surface area contributed by atoms with E-state index < -0.39 is 24.4 Å². The zero-order valence-electron chi connectivity index (χ0n) is 24.1. The van der Waals surface area contributed by atoms with Gasteiger partial charge >= 0.3 is 6.09 Å². The van der Waals surface area contributed by atoms with Crippen LogP contribution in [0.3, 0.4) is 0 Å². The molecule has 2 aromatic rings. The molecule has 2 aromatic carbocycles. The van der Waals surface area contributed by atoms with Crippen molar-refractivity contribution in [2.24, 2.45) is 0 Å². The standard InChI is InChI=1S/C30H42N2O8S/c1-36-13-4-11-31-12-14-38-26-10-5-21(15-25(26)31)18-39-27-16-32(30(34)35)17-28(40-20-23(33)19-37-2)29(27)22-6-8-24(41-3)9-7-22/h5-10,15,23,27-29,33H,4,11-14,16-20H2,1-3H3,(H,34,35)/t23?,27-,28+,29+/m0/s1. The number of benzene rings is 2. The lowest BCUT2D eigenvalue weighted by Crippen LogP contribution is -2.54. The second kappa shape index (κ2) is 15.6. The highest BCUT2D eigenvalue weighted by Crippen LogP contribution is 2.36. The highest BCUT2D eigenvalue weighted by molar-refractivity contribution is 7.98. The number of nitrogens with zero attached hydrogens (tertiary/aromatic N) is 2. The third-order valence-corrected chi connectivity index (χ3v) is 8.20. The zero-order chi connectivity index (χ0) is 29.2. The number of thioether (sulfide) groups is 1. The van der Waals surface area contributed by atoms with Crippen LogP contribution in [0.4, 0.5) is 10.5 Å². The van der Waals surface area contributed by atoms with E-state index in [2.05, 4.69) is 35.2 Å². The molecule has 41 heavy (non-hydrogen) atoms. The Bertz CT molecular complexity index is 1100. The summed E-state index contributed by atoms with van der Waals surface area (Å²) >= 11 is 1.66. The number of anilines is 1. The molecule has 2 aliphatic rings. The number of amides is 1. The number of methoxy groups -OCH3 is 2. The molecule has 1 fully saturated rings. The molecule has 4 rings (SSSR count). The Balaban J connectivity index is 1.56. The number of carboxylic acid groups (broad SMARTS) is 1. The number of likely N-dealkylation sites (tertiary alicyclic amines) is 1. The Kier molecular flexibility index (Phi) is 12.0. The summed E-state index contributed by atoms with van der Waals surface area (Å²) in [5.74, 6) is 0.615. The van der Waals surface area contributed by atoms with Gasteiger partial charge in [0.05, 0.1) is 57.4 Å². The van der Waals surface area contributed by atoms with Gasteiger partial charge in [0.15, 0.2) is 0 Å². The second-order valence-electron chi connectivity index (χ2n) is 10.3. The predicted octanol–water partition coefficient (Wildman–Crippen LogP) is 3.70. The van der Waals surface area contributed by atoms with Gasteiger partial charge in [-0.25, -0.2) is 4.79 Å². The number of aliphatic hydroxyl groups is 1. The summed E-state index contributed by atoms with van der Waals surface area (Å²) in [7, 11) is 3.23. The highest BCUT2D eigenvalue weighted by Gasteiger charge is 2.41. The van der Waals surface area contributed by atoms with Gasteiger partial charge in [-0.3, -0.25) is 0 Å². The minimum absolute atomic E-state index is 0.0296. The lowest BCUT2D eigenvalue weighted by Gasteiger charge is -2.43. The lowest BCUT2D eigenvalue weighted by atomic mass is 9.84. The van der Waals surface area contributed by atoms with Crippen molar-refractivity contribution in [2.75, 3.05) is 78.0 Å². The molecule has 0 radical (unpaired) electrons. The quantitative estimate of drug-likeness (QED) is 0.250. The molecule has 0 aromatic heterocycles. The van der Waals surface area contributed by atoms with Crippen molar-refractivity contribution >= 4 is 23.5 Å². The number of hydrogen-bond acceptors (Lipinski definition) is 9. The number of carbonyl (C=O) groups is 1. The lowest BCUT2D eigenvalue weighted by molar-refractivity contribution is -0.107. The average molecular weight is 591 g/mol. The number of rotatable bonds is 14. The number of ether oxygens (including phenoxy) is 5. The first-order chi connectivity index (χ1) is 19.9. The third-order valence-electron chi connectivity index (χ3n) is 7.46. The molecule has 1 unspecified atom stereocenters. The fraction of sp³-hybridized carbons (Fsp3) is 0.567. The summed E-state index contributed by atoms with van der Waals surface area (Å²) in [5.41, 5.74) is 3.01. The SMILES string of the molecule is COCCCN1CCOc2ccc(CO[C@H]3CN(C(=O)O)C[C@@H](OCC(O)COC)[C@@H]3c3ccc(SC)cc3)cc21. The second-order valence-corrected chi connectivity index (χ2v) is 11.2. The van der Waals surface area contributed by atoms with E-state index in [1.54, 1.807) is 18.9 Å². The van der Waals surface area contributed by atoms with Crippen LogP contribution in [0.5, 0.6) is 5.75 Å². The summed E-state index contributed by atoms with van der Waals surface area (Å²) in [5, 5.41) is 20.2. The van der Waals surface area contributed by atoms with Crippen LogP contribution in [0.25, 0.3) is 0 Å². The Hall–Kier alpha value is -2.54. The maximum absolute atomic E-state index is 12.1. The van der Waals surface area contributed by atoms with E-state index >= 15 is 0 Å². The van der Waals surface area contributed by atoms with Crippen molar-refractivity contribution in [3.05, 3.63) is 53.6 Å². The maximum Gasteiger partial charge on any atom is 0.407 e.